The van der Waals surface area contributed by atoms with Crippen LogP contribution in [0.3, 0.4) is 0 Å². The Labute approximate surface area is 116 Å². The van der Waals surface area contributed by atoms with Gasteiger partial charge in [0.15, 0.2) is 0 Å². The van der Waals surface area contributed by atoms with Crippen LogP contribution in [0, 0.1) is 29.6 Å². The van der Waals surface area contributed by atoms with Gasteiger partial charge in [-0.05, 0) is 26.2 Å². The molecule has 0 N–H and O–H groups in total. The second-order valence-corrected chi connectivity index (χ2v) is 6.52. The average molecular weight is 266 g/mol. The lowest BCUT2D eigenvalue weighted by Crippen LogP contribution is -2.37. The van der Waals surface area contributed by atoms with Gasteiger partial charge in [-0.2, -0.15) is 0 Å². The molecular formula is C16H26O3. The fraction of sp³-hybridized carbons (Fsp3) is 0.812. The predicted molar refractivity (Wildman–Crippen MR) is 74.7 cm³/mol. The maximum atomic E-state index is 12.2. The predicted octanol–water partition coefficient (Wildman–Crippen LogP) is 3.06. The van der Waals surface area contributed by atoms with Crippen molar-refractivity contribution in [1.82, 2.24) is 0 Å². The van der Waals surface area contributed by atoms with Crippen LogP contribution in [0.2, 0.25) is 0 Å². The number of carbonyl (C=O) groups excluding carboxylic acids is 3. The van der Waals surface area contributed by atoms with Crippen LogP contribution in [0.1, 0.15) is 53.9 Å². The minimum absolute atomic E-state index is 0.0227. The van der Waals surface area contributed by atoms with Gasteiger partial charge in [0.25, 0.3) is 0 Å². The van der Waals surface area contributed by atoms with Crippen molar-refractivity contribution in [2.45, 2.75) is 53.9 Å². The summed E-state index contributed by atoms with van der Waals surface area (Å²) in [5, 5.41) is 0. The van der Waals surface area contributed by atoms with Crippen molar-refractivity contribution in [2.75, 3.05) is 0 Å². The van der Waals surface area contributed by atoms with Gasteiger partial charge in [0.05, 0.1) is 0 Å². The SMILES string of the molecule is CC(=O)C1CC(C(=O)C(C)C)CC(C(=O)C(C)C)C1. The first-order chi connectivity index (χ1) is 8.73. The summed E-state index contributed by atoms with van der Waals surface area (Å²) in [5.41, 5.74) is 0. The molecule has 0 aromatic heterocycles. The van der Waals surface area contributed by atoms with E-state index in [0.717, 1.165) is 0 Å². The van der Waals surface area contributed by atoms with E-state index in [4.69, 9.17) is 0 Å². The summed E-state index contributed by atoms with van der Waals surface area (Å²) in [5.74, 6) is 0.124. The first-order valence-electron chi connectivity index (χ1n) is 7.31. The second kappa shape index (κ2) is 6.44. The Morgan fingerprint density at radius 3 is 1.32 bits per heavy atom. The molecule has 0 heterocycles. The van der Waals surface area contributed by atoms with Crippen molar-refractivity contribution >= 4 is 17.3 Å². The molecule has 2 atom stereocenters. The van der Waals surface area contributed by atoms with Gasteiger partial charge in [-0.3, -0.25) is 14.4 Å². The minimum Gasteiger partial charge on any atom is -0.300 e. The molecule has 3 heteroatoms. The number of hydrogen-bond donors (Lipinski definition) is 0. The van der Waals surface area contributed by atoms with Crippen molar-refractivity contribution in [2.24, 2.45) is 29.6 Å². The van der Waals surface area contributed by atoms with Crippen LogP contribution in [0.25, 0.3) is 0 Å². The van der Waals surface area contributed by atoms with Gasteiger partial charge in [0.1, 0.15) is 17.3 Å². The zero-order valence-corrected chi connectivity index (χ0v) is 12.7. The first-order valence-corrected chi connectivity index (χ1v) is 7.31. The molecule has 3 nitrogen and oxygen atoms in total. The third-order valence-corrected chi connectivity index (χ3v) is 4.22. The van der Waals surface area contributed by atoms with Crippen LogP contribution in [-0.2, 0) is 14.4 Å². The lowest BCUT2D eigenvalue weighted by molar-refractivity contribution is -0.134. The van der Waals surface area contributed by atoms with E-state index < -0.39 is 0 Å². The van der Waals surface area contributed by atoms with Gasteiger partial charge in [0, 0.05) is 29.6 Å². The normalized spacial score (nSPS) is 27.6. The smallest absolute Gasteiger partial charge is 0.138 e. The molecule has 0 amide bonds. The first kappa shape index (κ1) is 16.1. The molecule has 1 saturated carbocycles. The van der Waals surface area contributed by atoms with E-state index in [-0.39, 0.29) is 46.9 Å². The standard InChI is InChI=1S/C16H26O3/c1-9(2)15(18)13-6-12(11(5)17)7-14(8-13)16(19)10(3)4/h9-10,12-14H,6-8H2,1-5H3. The van der Waals surface area contributed by atoms with E-state index in [2.05, 4.69) is 0 Å². The summed E-state index contributed by atoms with van der Waals surface area (Å²) in [6.45, 7) is 9.12. The van der Waals surface area contributed by atoms with Crippen molar-refractivity contribution < 1.29 is 14.4 Å². The molecule has 0 aliphatic heterocycles. The van der Waals surface area contributed by atoms with Crippen LogP contribution in [0.5, 0.6) is 0 Å². The highest BCUT2D eigenvalue weighted by Crippen LogP contribution is 2.37. The summed E-state index contributed by atoms with van der Waals surface area (Å²) in [7, 11) is 0. The Morgan fingerprint density at radius 1 is 0.737 bits per heavy atom. The maximum absolute atomic E-state index is 12.2. The molecule has 0 saturated heterocycles. The van der Waals surface area contributed by atoms with Gasteiger partial charge >= 0.3 is 0 Å². The second-order valence-electron chi connectivity index (χ2n) is 6.52. The topological polar surface area (TPSA) is 51.2 Å². The van der Waals surface area contributed by atoms with Gasteiger partial charge < -0.3 is 0 Å². The van der Waals surface area contributed by atoms with E-state index in [1.54, 1.807) is 6.92 Å². The van der Waals surface area contributed by atoms with Gasteiger partial charge in [-0.15, -0.1) is 0 Å². The Bertz CT molecular complexity index is 340. The number of hydrogen-bond acceptors (Lipinski definition) is 3. The summed E-state index contributed by atoms with van der Waals surface area (Å²) in [4.78, 5) is 36.0. The van der Waals surface area contributed by atoms with Gasteiger partial charge in [-0.25, -0.2) is 0 Å². The highest BCUT2D eigenvalue weighted by Gasteiger charge is 2.38. The summed E-state index contributed by atoms with van der Waals surface area (Å²) >= 11 is 0. The molecule has 0 aromatic carbocycles. The van der Waals surface area contributed by atoms with Crippen molar-refractivity contribution in [1.29, 1.82) is 0 Å². The largest absolute Gasteiger partial charge is 0.300 e. The molecular weight excluding hydrogens is 240 g/mol. The van der Waals surface area contributed by atoms with E-state index in [0.29, 0.717) is 19.3 Å². The molecule has 1 aliphatic rings. The Hall–Kier alpha value is -0.990. The summed E-state index contributed by atoms with van der Waals surface area (Å²) < 4.78 is 0. The van der Waals surface area contributed by atoms with Gasteiger partial charge in [0.2, 0.25) is 0 Å². The molecule has 108 valence electrons. The van der Waals surface area contributed by atoms with Crippen LogP contribution >= 0.6 is 0 Å². The molecule has 1 fully saturated rings. The lowest BCUT2D eigenvalue weighted by atomic mass is 9.68. The molecule has 1 rings (SSSR count). The average Bonchev–Trinajstić information content (AvgIpc) is 2.35. The third-order valence-electron chi connectivity index (χ3n) is 4.22. The maximum Gasteiger partial charge on any atom is 0.138 e. The summed E-state index contributed by atoms with van der Waals surface area (Å²) in [6, 6.07) is 0. The van der Waals surface area contributed by atoms with Crippen LogP contribution in [-0.4, -0.2) is 17.3 Å². The van der Waals surface area contributed by atoms with Crippen LogP contribution in [0.4, 0.5) is 0 Å². The quantitative estimate of drug-likeness (QED) is 0.768. The molecule has 2 unspecified atom stereocenters. The number of Topliss-reactive ketones (excluding diaryl/α,β-unsaturated/α-hetero) is 3. The van der Waals surface area contributed by atoms with Crippen LogP contribution < -0.4 is 0 Å². The van der Waals surface area contributed by atoms with E-state index in [9.17, 15) is 14.4 Å². The fourth-order valence-electron chi connectivity index (χ4n) is 3.06. The minimum atomic E-state index is -0.117. The van der Waals surface area contributed by atoms with E-state index in [1.807, 2.05) is 27.7 Å². The van der Waals surface area contributed by atoms with E-state index in [1.165, 1.54) is 0 Å². The number of carbonyl (C=O) groups is 3. The zero-order valence-electron chi connectivity index (χ0n) is 12.7. The number of ketones is 3. The lowest BCUT2D eigenvalue weighted by Gasteiger charge is -2.33. The number of rotatable bonds is 5. The highest BCUT2D eigenvalue weighted by molar-refractivity contribution is 5.88. The van der Waals surface area contributed by atoms with Crippen LogP contribution in [0.15, 0.2) is 0 Å². The molecule has 0 spiro atoms. The highest BCUT2D eigenvalue weighted by atomic mass is 16.1. The molecule has 1 aliphatic carbocycles. The molecule has 0 aromatic rings. The third kappa shape index (κ3) is 3.99. The van der Waals surface area contributed by atoms with Crippen molar-refractivity contribution in [3.63, 3.8) is 0 Å². The summed E-state index contributed by atoms with van der Waals surface area (Å²) in [6.07, 6.45) is 1.90. The van der Waals surface area contributed by atoms with Crippen molar-refractivity contribution in [3.8, 4) is 0 Å². The van der Waals surface area contributed by atoms with E-state index >= 15 is 0 Å². The molecule has 0 bridgehead atoms. The Morgan fingerprint density at radius 2 is 1.05 bits per heavy atom. The monoisotopic (exact) mass is 266 g/mol. The Kier molecular flexibility index (Phi) is 5.45. The molecule has 19 heavy (non-hydrogen) atoms. The fourth-order valence-corrected chi connectivity index (χ4v) is 3.06. The van der Waals surface area contributed by atoms with Crippen molar-refractivity contribution in [3.05, 3.63) is 0 Å². The zero-order chi connectivity index (χ0) is 14.7. The molecule has 0 radical (unpaired) electrons. The Balaban J connectivity index is 2.88. The van der Waals surface area contributed by atoms with Gasteiger partial charge in [-0.1, -0.05) is 27.7 Å².